The molecule has 3 heterocycles. The highest BCUT2D eigenvalue weighted by Gasteiger charge is 2.39. The normalized spacial score (nSPS) is 19.5. The summed E-state index contributed by atoms with van der Waals surface area (Å²) in [5, 5.41) is 10.8. The number of aromatic amines is 1. The molecule has 2 N–H and O–H groups in total. The van der Waals surface area contributed by atoms with Crippen LogP contribution in [0.5, 0.6) is 5.75 Å². The smallest absolute Gasteiger partial charge is 0.230 e. The van der Waals surface area contributed by atoms with E-state index < -0.39 is 5.41 Å². The topological polar surface area (TPSA) is 92.3 Å². The minimum atomic E-state index is -0.549. The second-order valence-electron chi connectivity index (χ2n) is 8.86. The quantitative estimate of drug-likeness (QED) is 0.555. The molecule has 0 fully saturated rings. The van der Waals surface area contributed by atoms with Crippen molar-refractivity contribution in [2.75, 3.05) is 18.5 Å². The number of rotatable bonds is 6. The number of para-hydroxylation sites is 2. The summed E-state index contributed by atoms with van der Waals surface area (Å²) in [4.78, 5) is 21.9. The van der Waals surface area contributed by atoms with Crippen LogP contribution in [-0.4, -0.2) is 40.5 Å². The number of amides is 1. The van der Waals surface area contributed by atoms with Crippen molar-refractivity contribution in [3.63, 3.8) is 0 Å². The third-order valence-electron chi connectivity index (χ3n) is 6.43. The zero-order valence-electron chi connectivity index (χ0n) is 18.7. The second kappa shape index (κ2) is 9.02. The molecule has 7 nitrogen and oxygen atoms in total. The molecule has 2 aromatic heterocycles. The van der Waals surface area contributed by atoms with Crippen molar-refractivity contribution in [3.8, 4) is 17.0 Å². The monoisotopic (exact) mass is 441 g/mol. The highest BCUT2D eigenvalue weighted by Crippen LogP contribution is 2.40. The van der Waals surface area contributed by atoms with Crippen molar-refractivity contribution < 1.29 is 9.53 Å². The van der Waals surface area contributed by atoms with Gasteiger partial charge in [-0.1, -0.05) is 25.1 Å². The molecular weight excluding hydrogens is 414 g/mol. The Kier molecular flexibility index (Phi) is 5.77. The lowest BCUT2D eigenvalue weighted by Crippen LogP contribution is -2.38. The number of H-pyrrole nitrogens is 1. The molecule has 1 aliphatic heterocycles. The van der Waals surface area contributed by atoms with Gasteiger partial charge in [0.1, 0.15) is 12.4 Å². The minimum absolute atomic E-state index is 0.00689. The van der Waals surface area contributed by atoms with Crippen LogP contribution in [-0.2, 0) is 17.6 Å². The number of pyridine rings is 1. The van der Waals surface area contributed by atoms with Gasteiger partial charge < -0.3 is 10.1 Å². The van der Waals surface area contributed by atoms with Gasteiger partial charge in [-0.3, -0.25) is 19.9 Å². The Labute approximate surface area is 193 Å². The number of allylic oxidation sites excluding steroid dienone is 1. The number of fused-ring (bicyclic) bond motifs is 1. The summed E-state index contributed by atoms with van der Waals surface area (Å²) in [5.41, 5.74) is 5.42. The van der Waals surface area contributed by atoms with Crippen LogP contribution in [0.2, 0.25) is 0 Å². The van der Waals surface area contributed by atoms with E-state index in [1.165, 1.54) is 0 Å². The van der Waals surface area contributed by atoms with Crippen LogP contribution in [0.15, 0.2) is 65.4 Å². The number of dihydropyridines is 1. The number of hydrogen-bond donors (Lipinski definition) is 2. The van der Waals surface area contributed by atoms with Crippen LogP contribution in [0.3, 0.4) is 0 Å². The van der Waals surface area contributed by atoms with Gasteiger partial charge in [-0.05, 0) is 49.1 Å². The van der Waals surface area contributed by atoms with Crippen molar-refractivity contribution in [3.05, 3.63) is 71.7 Å². The lowest BCUT2D eigenvalue weighted by atomic mass is 9.73. The van der Waals surface area contributed by atoms with Crippen molar-refractivity contribution in [1.82, 2.24) is 15.2 Å². The number of nitrogens with one attached hydrogen (secondary N) is 2. The maximum atomic E-state index is 13.5. The molecule has 1 atom stereocenters. The average molecular weight is 442 g/mol. The zero-order chi connectivity index (χ0) is 22.7. The lowest BCUT2D eigenvalue weighted by Gasteiger charge is -2.32. The molecule has 1 unspecified atom stereocenters. The van der Waals surface area contributed by atoms with Gasteiger partial charge in [0.05, 0.1) is 23.3 Å². The third kappa shape index (κ3) is 4.44. The zero-order valence-corrected chi connectivity index (χ0v) is 18.7. The Balaban J connectivity index is 1.32. The van der Waals surface area contributed by atoms with Gasteiger partial charge in [0.25, 0.3) is 0 Å². The van der Waals surface area contributed by atoms with Crippen molar-refractivity contribution in [1.29, 1.82) is 0 Å². The van der Waals surface area contributed by atoms with Gasteiger partial charge in [-0.25, -0.2) is 0 Å². The number of aromatic nitrogens is 3. The molecule has 7 heteroatoms. The van der Waals surface area contributed by atoms with Crippen LogP contribution in [0.1, 0.15) is 31.0 Å². The summed E-state index contributed by atoms with van der Waals surface area (Å²) in [6.07, 6.45) is 10.6. The first kappa shape index (κ1) is 21.1. The molecule has 0 radical (unpaired) electrons. The van der Waals surface area contributed by atoms with Crippen LogP contribution in [0, 0.1) is 5.41 Å². The Morgan fingerprint density at radius 2 is 2.06 bits per heavy atom. The van der Waals surface area contributed by atoms with Crippen molar-refractivity contribution in [2.45, 2.75) is 32.6 Å². The Bertz CT molecular complexity index is 1210. The first-order chi connectivity index (χ1) is 16.1. The Hall–Kier alpha value is -3.74. The molecule has 5 rings (SSSR count). The lowest BCUT2D eigenvalue weighted by molar-refractivity contribution is -0.125. The van der Waals surface area contributed by atoms with Crippen LogP contribution < -0.4 is 10.1 Å². The molecule has 0 bridgehead atoms. The molecule has 1 amide bonds. The molecule has 33 heavy (non-hydrogen) atoms. The van der Waals surface area contributed by atoms with Crippen LogP contribution in [0.4, 0.5) is 5.69 Å². The van der Waals surface area contributed by atoms with E-state index in [4.69, 9.17) is 4.74 Å². The summed E-state index contributed by atoms with van der Waals surface area (Å²) in [7, 11) is 0. The fraction of sp³-hybridized carbons (Fsp3) is 0.308. The number of hydrogen-bond acceptors (Lipinski definition) is 5. The van der Waals surface area contributed by atoms with E-state index in [1.54, 1.807) is 12.4 Å². The molecular formula is C26H27N5O2. The number of carbonyl (C=O) groups excluding carboxylic acids is 1. The third-order valence-corrected chi connectivity index (χ3v) is 6.43. The van der Waals surface area contributed by atoms with Gasteiger partial charge in [0.15, 0.2) is 0 Å². The van der Waals surface area contributed by atoms with Crippen molar-refractivity contribution in [2.24, 2.45) is 10.4 Å². The predicted octanol–water partition coefficient (Wildman–Crippen LogP) is 4.39. The van der Waals surface area contributed by atoms with E-state index in [0.717, 1.165) is 47.4 Å². The summed E-state index contributed by atoms with van der Waals surface area (Å²) in [6.45, 7) is 3.16. The van der Waals surface area contributed by atoms with Gasteiger partial charge in [0.2, 0.25) is 5.91 Å². The fourth-order valence-corrected chi connectivity index (χ4v) is 4.40. The van der Waals surface area contributed by atoms with Crippen LogP contribution in [0.25, 0.3) is 11.3 Å². The molecule has 1 aromatic carbocycles. The predicted molar refractivity (Wildman–Crippen MR) is 129 cm³/mol. The summed E-state index contributed by atoms with van der Waals surface area (Å²) < 4.78 is 6.04. The SMILES string of the molecule is CC1(C(=O)Nc2ccccc2OCC2=CCC=NC2)CCc2[nH]nc(-c3ccncc3)c2C1. The van der Waals surface area contributed by atoms with Gasteiger partial charge in [-0.2, -0.15) is 5.10 Å². The van der Waals surface area contributed by atoms with Crippen molar-refractivity contribution >= 4 is 17.8 Å². The second-order valence-corrected chi connectivity index (χ2v) is 8.86. The fourth-order valence-electron chi connectivity index (χ4n) is 4.40. The maximum absolute atomic E-state index is 13.5. The van der Waals surface area contributed by atoms with E-state index in [1.807, 2.05) is 49.5 Å². The molecule has 3 aromatic rings. The van der Waals surface area contributed by atoms with Gasteiger partial charge in [0, 0.05) is 41.8 Å². The Morgan fingerprint density at radius 3 is 2.88 bits per heavy atom. The minimum Gasteiger partial charge on any atom is -0.487 e. The van der Waals surface area contributed by atoms with E-state index in [0.29, 0.717) is 31.0 Å². The molecule has 168 valence electrons. The highest BCUT2D eigenvalue weighted by atomic mass is 16.5. The van der Waals surface area contributed by atoms with Gasteiger partial charge in [-0.15, -0.1) is 0 Å². The number of aryl methyl sites for hydroxylation is 1. The maximum Gasteiger partial charge on any atom is 0.230 e. The van der Waals surface area contributed by atoms with Gasteiger partial charge >= 0.3 is 0 Å². The average Bonchev–Trinajstić information content (AvgIpc) is 3.27. The summed E-state index contributed by atoms with van der Waals surface area (Å²) in [5.74, 6) is 0.662. The number of anilines is 1. The Morgan fingerprint density at radius 1 is 1.21 bits per heavy atom. The van der Waals surface area contributed by atoms with E-state index in [2.05, 4.69) is 31.6 Å². The summed E-state index contributed by atoms with van der Waals surface area (Å²) >= 11 is 0. The summed E-state index contributed by atoms with van der Waals surface area (Å²) in [6, 6.07) is 11.5. The van der Waals surface area contributed by atoms with E-state index in [9.17, 15) is 4.79 Å². The molecule has 0 saturated heterocycles. The van der Waals surface area contributed by atoms with Crippen LogP contribution >= 0.6 is 0 Å². The first-order valence-electron chi connectivity index (χ1n) is 11.3. The number of aliphatic imine (C=N–C) groups is 1. The largest absolute Gasteiger partial charge is 0.487 e. The molecule has 0 spiro atoms. The highest BCUT2D eigenvalue weighted by molar-refractivity contribution is 5.96. The number of nitrogens with zero attached hydrogens (tertiary/aromatic N) is 3. The molecule has 0 saturated carbocycles. The van der Waals surface area contributed by atoms with E-state index in [-0.39, 0.29) is 5.91 Å². The molecule has 1 aliphatic carbocycles. The number of ether oxygens (including phenoxy) is 1. The standard InChI is InChI=1S/C26H27N5O2/c1-26(11-8-21-20(15-26)24(31-30-21)19-9-13-27-14-10-19)25(32)29-22-6-2-3-7-23(22)33-17-18-5-4-12-28-16-18/h2-3,5-7,9-10,12-14H,4,8,11,15-17H2,1H3,(H,29,32)(H,30,31). The molecule has 2 aliphatic rings. The number of benzene rings is 1. The number of carbonyl (C=O) groups is 1. The van der Waals surface area contributed by atoms with E-state index >= 15 is 0 Å². The first-order valence-corrected chi connectivity index (χ1v) is 11.3.